The molecule has 0 unspecified atom stereocenters. The largest absolute Gasteiger partial charge is 0.449 e. The van der Waals surface area contributed by atoms with E-state index >= 15 is 0 Å². The molecule has 0 radical (unpaired) electrons. The van der Waals surface area contributed by atoms with Crippen molar-refractivity contribution < 1.29 is 19.1 Å². The van der Waals surface area contributed by atoms with Crippen molar-refractivity contribution in [2.24, 2.45) is 5.92 Å². The van der Waals surface area contributed by atoms with Gasteiger partial charge in [-0.05, 0) is 30.0 Å². The Kier molecular flexibility index (Phi) is 7.89. The second kappa shape index (κ2) is 10.6. The highest BCUT2D eigenvalue weighted by molar-refractivity contribution is 5.94. The first-order valence-electron chi connectivity index (χ1n) is 10.6. The van der Waals surface area contributed by atoms with Gasteiger partial charge in [0.25, 0.3) is 5.91 Å². The quantitative estimate of drug-likeness (QED) is 0.756. The van der Waals surface area contributed by atoms with Crippen LogP contribution in [0.2, 0.25) is 0 Å². The van der Waals surface area contributed by atoms with Gasteiger partial charge in [0.05, 0.1) is 19.8 Å². The standard InChI is InChI=1S/C22H33N3O4/c1-18(2)17-29-22(27)25-8-4-7-24(9-10-25)21(26)20-6-3-5-19(15-20)16-23-11-13-28-14-12-23/h3,5-6,15,18H,4,7-14,16-17H2,1-2H3. The number of morpholine rings is 1. The van der Waals surface area contributed by atoms with Crippen LogP contribution in [0.25, 0.3) is 0 Å². The van der Waals surface area contributed by atoms with E-state index in [1.54, 1.807) is 4.90 Å². The van der Waals surface area contributed by atoms with Crippen LogP contribution < -0.4 is 0 Å². The molecule has 2 fully saturated rings. The van der Waals surface area contributed by atoms with Crippen molar-refractivity contribution in [1.82, 2.24) is 14.7 Å². The molecule has 2 aliphatic rings. The monoisotopic (exact) mass is 403 g/mol. The second-order valence-corrected chi connectivity index (χ2v) is 8.19. The Bertz CT molecular complexity index is 688. The van der Waals surface area contributed by atoms with Crippen molar-refractivity contribution in [1.29, 1.82) is 0 Å². The molecule has 0 aromatic heterocycles. The maximum absolute atomic E-state index is 13.0. The smallest absolute Gasteiger partial charge is 0.409 e. The fraction of sp³-hybridized carbons (Fsp3) is 0.636. The summed E-state index contributed by atoms with van der Waals surface area (Å²) in [4.78, 5) is 31.2. The average Bonchev–Trinajstić information content (AvgIpc) is 2.99. The molecule has 29 heavy (non-hydrogen) atoms. The summed E-state index contributed by atoms with van der Waals surface area (Å²) < 4.78 is 10.7. The van der Waals surface area contributed by atoms with Crippen LogP contribution in [-0.2, 0) is 16.0 Å². The van der Waals surface area contributed by atoms with Crippen LogP contribution in [0.3, 0.4) is 0 Å². The van der Waals surface area contributed by atoms with Crippen LogP contribution >= 0.6 is 0 Å². The molecule has 7 nitrogen and oxygen atoms in total. The zero-order valence-corrected chi connectivity index (χ0v) is 17.6. The van der Waals surface area contributed by atoms with Crippen LogP contribution in [0.15, 0.2) is 24.3 Å². The molecule has 0 aliphatic carbocycles. The molecule has 0 saturated carbocycles. The number of hydrogen-bond acceptors (Lipinski definition) is 5. The Labute approximate surface area is 173 Å². The molecule has 160 valence electrons. The highest BCUT2D eigenvalue weighted by Crippen LogP contribution is 2.14. The summed E-state index contributed by atoms with van der Waals surface area (Å²) in [5.41, 5.74) is 1.86. The fourth-order valence-electron chi connectivity index (χ4n) is 3.64. The van der Waals surface area contributed by atoms with Crippen molar-refractivity contribution in [3.05, 3.63) is 35.4 Å². The Morgan fingerprint density at radius 3 is 2.52 bits per heavy atom. The summed E-state index contributed by atoms with van der Waals surface area (Å²) in [6.45, 7) is 11.0. The Hall–Kier alpha value is -2.12. The summed E-state index contributed by atoms with van der Waals surface area (Å²) in [5.74, 6) is 0.347. The van der Waals surface area contributed by atoms with Gasteiger partial charge >= 0.3 is 6.09 Å². The van der Waals surface area contributed by atoms with Crippen LogP contribution in [0, 0.1) is 5.92 Å². The third-order valence-electron chi connectivity index (χ3n) is 5.27. The van der Waals surface area contributed by atoms with Crippen molar-refractivity contribution in [3.63, 3.8) is 0 Å². The molecular formula is C22H33N3O4. The molecular weight excluding hydrogens is 370 g/mol. The number of carbonyl (C=O) groups is 2. The summed E-state index contributed by atoms with van der Waals surface area (Å²) in [5, 5.41) is 0. The number of benzene rings is 1. The maximum Gasteiger partial charge on any atom is 0.409 e. The van der Waals surface area contributed by atoms with Crippen LogP contribution in [-0.4, -0.2) is 85.8 Å². The predicted molar refractivity (Wildman–Crippen MR) is 111 cm³/mol. The number of amides is 2. The first-order chi connectivity index (χ1) is 14.0. The normalized spacial score (nSPS) is 18.6. The lowest BCUT2D eigenvalue weighted by Crippen LogP contribution is -2.38. The summed E-state index contributed by atoms with van der Waals surface area (Å²) in [6, 6.07) is 7.90. The molecule has 1 aromatic rings. The van der Waals surface area contributed by atoms with Gasteiger partial charge < -0.3 is 19.3 Å². The highest BCUT2D eigenvalue weighted by atomic mass is 16.6. The van der Waals surface area contributed by atoms with Crippen LogP contribution in [0.5, 0.6) is 0 Å². The van der Waals surface area contributed by atoms with E-state index in [0.717, 1.165) is 44.8 Å². The Morgan fingerprint density at radius 1 is 1.03 bits per heavy atom. The van der Waals surface area contributed by atoms with Gasteiger partial charge in [-0.2, -0.15) is 0 Å². The second-order valence-electron chi connectivity index (χ2n) is 8.19. The Balaban J connectivity index is 1.56. The third-order valence-corrected chi connectivity index (χ3v) is 5.27. The molecule has 2 saturated heterocycles. The zero-order valence-electron chi connectivity index (χ0n) is 17.6. The molecule has 0 bridgehead atoms. The lowest BCUT2D eigenvalue weighted by Gasteiger charge is -2.27. The molecule has 2 amide bonds. The van der Waals surface area contributed by atoms with E-state index in [0.29, 0.717) is 44.3 Å². The van der Waals surface area contributed by atoms with E-state index in [2.05, 4.69) is 11.0 Å². The van der Waals surface area contributed by atoms with Gasteiger partial charge in [0.2, 0.25) is 0 Å². The van der Waals surface area contributed by atoms with E-state index in [1.807, 2.05) is 36.9 Å². The minimum Gasteiger partial charge on any atom is -0.449 e. The van der Waals surface area contributed by atoms with Crippen molar-refractivity contribution in [2.75, 3.05) is 59.1 Å². The van der Waals surface area contributed by atoms with E-state index in [-0.39, 0.29) is 12.0 Å². The van der Waals surface area contributed by atoms with Crippen molar-refractivity contribution in [3.8, 4) is 0 Å². The summed E-state index contributed by atoms with van der Waals surface area (Å²) in [7, 11) is 0. The molecule has 0 spiro atoms. The first kappa shape index (κ1) is 21.6. The molecule has 0 N–H and O–H groups in total. The van der Waals surface area contributed by atoms with E-state index in [9.17, 15) is 9.59 Å². The highest BCUT2D eigenvalue weighted by Gasteiger charge is 2.24. The zero-order chi connectivity index (χ0) is 20.6. The lowest BCUT2D eigenvalue weighted by atomic mass is 10.1. The van der Waals surface area contributed by atoms with Gasteiger partial charge in [0.1, 0.15) is 0 Å². The molecule has 2 aliphatic heterocycles. The third kappa shape index (κ3) is 6.44. The molecule has 2 heterocycles. The molecule has 0 atom stereocenters. The van der Waals surface area contributed by atoms with Gasteiger partial charge in [-0.1, -0.05) is 26.0 Å². The van der Waals surface area contributed by atoms with Gasteiger partial charge in [-0.3, -0.25) is 9.69 Å². The van der Waals surface area contributed by atoms with Gasteiger partial charge in [-0.25, -0.2) is 4.79 Å². The van der Waals surface area contributed by atoms with Crippen LogP contribution in [0.4, 0.5) is 4.79 Å². The molecule has 3 rings (SSSR count). The summed E-state index contributed by atoms with van der Waals surface area (Å²) in [6.07, 6.45) is 0.483. The minimum absolute atomic E-state index is 0.0335. The predicted octanol–water partition coefficient (Wildman–Crippen LogP) is 2.46. The summed E-state index contributed by atoms with van der Waals surface area (Å²) >= 11 is 0. The van der Waals surface area contributed by atoms with E-state index in [1.165, 1.54) is 0 Å². The SMILES string of the molecule is CC(C)COC(=O)N1CCCN(C(=O)c2cccc(CN3CCOCC3)c2)CC1. The molecule has 7 heteroatoms. The minimum atomic E-state index is -0.277. The van der Waals surface area contributed by atoms with E-state index in [4.69, 9.17) is 9.47 Å². The average molecular weight is 404 g/mol. The maximum atomic E-state index is 13.0. The first-order valence-corrected chi connectivity index (χ1v) is 10.6. The number of ether oxygens (including phenoxy) is 2. The molecule has 1 aromatic carbocycles. The number of rotatable bonds is 5. The van der Waals surface area contributed by atoms with Gasteiger partial charge in [0, 0.05) is 51.4 Å². The topological polar surface area (TPSA) is 62.3 Å². The lowest BCUT2D eigenvalue weighted by molar-refractivity contribution is 0.0341. The van der Waals surface area contributed by atoms with Crippen molar-refractivity contribution in [2.45, 2.75) is 26.8 Å². The number of nitrogens with zero attached hydrogens (tertiary/aromatic N) is 3. The van der Waals surface area contributed by atoms with Crippen molar-refractivity contribution >= 4 is 12.0 Å². The number of carbonyl (C=O) groups excluding carboxylic acids is 2. The Morgan fingerprint density at radius 2 is 1.76 bits per heavy atom. The number of hydrogen-bond donors (Lipinski definition) is 0. The van der Waals surface area contributed by atoms with Gasteiger partial charge in [-0.15, -0.1) is 0 Å². The fourth-order valence-corrected chi connectivity index (χ4v) is 3.64. The van der Waals surface area contributed by atoms with Crippen LogP contribution in [0.1, 0.15) is 36.2 Å². The van der Waals surface area contributed by atoms with E-state index < -0.39 is 0 Å². The van der Waals surface area contributed by atoms with Gasteiger partial charge in [0.15, 0.2) is 0 Å².